The van der Waals surface area contributed by atoms with Gasteiger partial charge in [-0.05, 0) is 122 Å². The van der Waals surface area contributed by atoms with Gasteiger partial charge in [0, 0.05) is 22.5 Å². The molecule has 1 heteroatoms. The quantitative estimate of drug-likeness (QED) is 0.162. The van der Waals surface area contributed by atoms with Crippen molar-refractivity contribution >= 4 is 17.1 Å². The van der Waals surface area contributed by atoms with E-state index in [-0.39, 0.29) is 5.41 Å². The number of benzene rings is 8. The Morgan fingerprint density at radius 1 is 0.321 bits per heavy atom. The predicted molar refractivity (Wildman–Crippen MR) is 225 cm³/mol. The van der Waals surface area contributed by atoms with Crippen LogP contribution >= 0.6 is 0 Å². The van der Waals surface area contributed by atoms with E-state index >= 15 is 0 Å². The summed E-state index contributed by atoms with van der Waals surface area (Å²) < 4.78 is 0. The fourth-order valence-corrected chi connectivity index (χ4v) is 8.03. The minimum absolute atomic E-state index is 0.158. The van der Waals surface area contributed by atoms with Crippen molar-refractivity contribution in [3.63, 3.8) is 0 Å². The standard InChI is InChI=1S/C52H41N/c1-36-11-10-16-46(33-36)53(45-28-25-42(26-29-45)41-19-17-39(18-20-41)37-12-6-4-7-13-37)47-30-32-49-48-31-27-44(34-50(48)52(2,3)51(49)35-47)43-23-21-40(22-24-43)38-14-8-5-9-15-38/h4-35H,1-3H3. The van der Waals surface area contributed by atoms with E-state index < -0.39 is 0 Å². The molecule has 0 aromatic heterocycles. The zero-order valence-electron chi connectivity index (χ0n) is 30.4. The van der Waals surface area contributed by atoms with E-state index in [4.69, 9.17) is 0 Å². The summed E-state index contributed by atoms with van der Waals surface area (Å²) >= 11 is 0. The topological polar surface area (TPSA) is 3.24 Å². The van der Waals surface area contributed by atoms with Crippen molar-refractivity contribution in [3.8, 4) is 55.6 Å². The van der Waals surface area contributed by atoms with Crippen LogP contribution in [-0.4, -0.2) is 0 Å². The molecule has 8 aromatic carbocycles. The fourth-order valence-electron chi connectivity index (χ4n) is 8.03. The van der Waals surface area contributed by atoms with Gasteiger partial charge in [-0.3, -0.25) is 0 Å². The summed E-state index contributed by atoms with van der Waals surface area (Å²) in [5.41, 5.74) is 19.7. The highest BCUT2D eigenvalue weighted by molar-refractivity contribution is 5.88. The van der Waals surface area contributed by atoms with Crippen molar-refractivity contribution in [2.45, 2.75) is 26.2 Å². The SMILES string of the molecule is Cc1cccc(N(c2ccc(-c3ccc(-c4ccccc4)cc3)cc2)c2ccc3c(c2)C(C)(C)c2cc(-c4ccc(-c5ccccc5)cc4)ccc2-3)c1. The number of nitrogens with zero attached hydrogens (tertiary/aromatic N) is 1. The molecule has 1 aliphatic carbocycles. The normalized spacial score (nSPS) is 12.6. The third-order valence-corrected chi connectivity index (χ3v) is 11.0. The molecule has 0 N–H and O–H groups in total. The monoisotopic (exact) mass is 679 g/mol. The summed E-state index contributed by atoms with van der Waals surface area (Å²) in [4.78, 5) is 2.40. The van der Waals surface area contributed by atoms with Crippen LogP contribution in [-0.2, 0) is 5.41 Å². The third kappa shape index (κ3) is 6.05. The number of fused-ring (bicyclic) bond motifs is 3. The fraction of sp³-hybridized carbons (Fsp3) is 0.0769. The van der Waals surface area contributed by atoms with E-state index in [2.05, 4.69) is 220 Å². The zero-order valence-corrected chi connectivity index (χ0v) is 30.4. The number of anilines is 3. The van der Waals surface area contributed by atoms with Gasteiger partial charge < -0.3 is 4.90 Å². The van der Waals surface area contributed by atoms with E-state index in [1.807, 2.05) is 0 Å². The molecule has 0 saturated heterocycles. The van der Waals surface area contributed by atoms with Crippen molar-refractivity contribution in [1.29, 1.82) is 0 Å². The molecule has 8 aromatic rings. The van der Waals surface area contributed by atoms with Crippen LogP contribution in [0.15, 0.2) is 194 Å². The molecule has 0 amide bonds. The maximum absolute atomic E-state index is 2.42. The van der Waals surface area contributed by atoms with Crippen molar-refractivity contribution in [2.75, 3.05) is 4.90 Å². The second kappa shape index (κ2) is 13.3. The maximum atomic E-state index is 2.42. The molecule has 0 fully saturated rings. The van der Waals surface area contributed by atoms with Crippen molar-refractivity contribution in [3.05, 3.63) is 211 Å². The summed E-state index contributed by atoms with van der Waals surface area (Å²) in [5.74, 6) is 0. The van der Waals surface area contributed by atoms with Gasteiger partial charge in [-0.15, -0.1) is 0 Å². The molecule has 0 spiro atoms. The van der Waals surface area contributed by atoms with Crippen LogP contribution in [0.2, 0.25) is 0 Å². The molecule has 0 heterocycles. The molecule has 0 atom stereocenters. The van der Waals surface area contributed by atoms with Crippen molar-refractivity contribution in [2.24, 2.45) is 0 Å². The second-order valence-corrected chi connectivity index (χ2v) is 14.7. The Balaban J connectivity index is 1.04. The molecule has 53 heavy (non-hydrogen) atoms. The van der Waals surface area contributed by atoms with E-state index in [0.29, 0.717) is 0 Å². The minimum atomic E-state index is -0.158. The lowest BCUT2D eigenvalue weighted by atomic mass is 9.81. The smallest absolute Gasteiger partial charge is 0.0465 e. The van der Waals surface area contributed by atoms with Gasteiger partial charge in [0.15, 0.2) is 0 Å². The Bertz CT molecular complexity index is 2540. The highest BCUT2D eigenvalue weighted by Gasteiger charge is 2.36. The Kier molecular flexibility index (Phi) is 8.13. The average molecular weight is 680 g/mol. The number of rotatable bonds is 7. The van der Waals surface area contributed by atoms with Crippen LogP contribution in [0, 0.1) is 6.92 Å². The largest absolute Gasteiger partial charge is 0.310 e. The van der Waals surface area contributed by atoms with Crippen LogP contribution in [0.4, 0.5) is 17.1 Å². The van der Waals surface area contributed by atoms with Gasteiger partial charge >= 0.3 is 0 Å². The molecule has 0 unspecified atom stereocenters. The first-order valence-electron chi connectivity index (χ1n) is 18.5. The molecular formula is C52H41N. The van der Waals surface area contributed by atoms with Crippen molar-refractivity contribution in [1.82, 2.24) is 0 Å². The first-order valence-corrected chi connectivity index (χ1v) is 18.5. The number of hydrogen-bond acceptors (Lipinski definition) is 1. The number of aryl methyl sites for hydroxylation is 1. The lowest BCUT2D eigenvalue weighted by Crippen LogP contribution is -2.16. The van der Waals surface area contributed by atoms with Gasteiger partial charge in [0.25, 0.3) is 0 Å². The second-order valence-electron chi connectivity index (χ2n) is 14.7. The Morgan fingerprint density at radius 3 is 1.25 bits per heavy atom. The Hall–Kier alpha value is -6.44. The summed E-state index contributed by atoms with van der Waals surface area (Å²) in [6.07, 6.45) is 0. The first kappa shape index (κ1) is 32.5. The van der Waals surface area contributed by atoms with Gasteiger partial charge in [-0.2, -0.15) is 0 Å². The highest BCUT2D eigenvalue weighted by atomic mass is 15.1. The maximum Gasteiger partial charge on any atom is 0.0465 e. The average Bonchev–Trinajstić information content (AvgIpc) is 3.44. The van der Waals surface area contributed by atoms with E-state index in [9.17, 15) is 0 Å². The van der Waals surface area contributed by atoms with Gasteiger partial charge in [-0.1, -0.05) is 166 Å². The lowest BCUT2D eigenvalue weighted by Gasteiger charge is -2.28. The Labute approximate surface area is 313 Å². The summed E-state index contributed by atoms with van der Waals surface area (Å²) in [6.45, 7) is 6.91. The molecule has 0 bridgehead atoms. The first-order chi connectivity index (χ1) is 25.9. The lowest BCUT2D eigenvalue weighted by molar-refractivity contribution is 0.660. The molecule has 1 aliphatic rings. The zero-order chi connectivity index (χ0) is 35.9. The molecular weight excluding hydrogens is 639 g/mol. The molecule has 254 valence electrons. The molecule has 9 rings (SSSR count). The third-order valence-electron chi connectivity index (χ3n) is 11.0. The van der Waals surface area contributed by atoms with Gasteiger partial charge in [0.1, 0.15) is 0 Å². The molecule has 1 nitrogen and oxygen atoms in total. The summed E-state index contributed by atoms with van der Waals surface area (Å²) in [6, 6.07) is 70.9. The number of hydrogen-bond donors (Lipinski definition) is 0. The van der Waals surface area contributed by atoms with Crippen LogP contribution in [0.25, 0.3) is 55.6 Å². The predicted octanol–water partition coefficient (Wildman–Crippen LogP) is 14.4. The molecule has 0 aliphatic heterocycles. The minimum Gasteiger partial charge on any atom is -0.310 e. The van der Waals surface area contributed by atoms with Crippen LogP contribution < -0.4 is 4.90 Å². The van der Waals surface area contributed by atoms with Gasteiger partial charge in [-0.25, -0.2) is 0 Å². The summed E-state index contributed by atoms with van der Waals surface area (Å²) in [7, 11) is 0. The van der Waals surface area contributed by atoms with Crippen LogP contribution in [0.1, 0.15) is 30.5 Å². The summed E-state index contributed by atoms with van der Waals surface area (Å²) in [5, 5.41) is 0. The molecule has 0 radical (unpaired) electrons. The van der Waals surface area contributed by atoms with Crippen molar-refractivity contribution < 1.29 is 0 Å². The van der Waals surface area contributed by atoms with Gasteiger partial charge in [0.2, 0.25) is 0 Å². The van der Waals surface area contributed by atoms with E-state index in [0.717, 1.165) is 17.1 Å². The van der Waals surface area contributed by atoms with Crippen LogP contribution in [0.3, 0.4) is 0 Å². The Morgan fingerprint density at radius 2 is 0.717 bits per heavy atom. The van der Waals surface area contributed by atoms with Gasteiger partial charge in [0.05, 0.1) is 0 Å². The van der Waals surface area contributed by atoms with E-state index in [1.54, 1.807) is 0 Å². The molecule has 0 saturated carbocycles. The van der Waals surface area contributed by atoms with E-state index in [1.165, 1.54) is 72.3 Å². The highest BCUT2D eigenvalue weighted by Crippen LogP contribution is 2.51. The van der Waals surface area contributed by atoms with Crippen LogP contribution in [0.5, 0.6) is 0 Å².